The highest BCUT2D eigenvalue weighted by atomic mass is 15.3. The minimum Gasteiger partial charge on any atom is -0.310 e. The summed E-state index contributed by atoms with van der Waals surface area (Å²) in [6.45, 7) is 4.67. The fourth-order valence-corrected chi connectivity index (χ4v) is 6.55. The molecule has 1 aliphatic heterocycles. The number of para-hydroxylation sites is 1. The number of nitrogens with zero attached hydrogens (tertiary/aromatic N) is 3. The summed E-state index contributed by atoms with van der Waals surface area (Å²) in [5.74, 6) is 1.59. The van der Waals surface area contributed by atoms with Crippen LogP contribution in [0.1, 0.15) is 42.3 Å². The Morgan fingerprint density at radius 3 is 2.17 bits per heavy atom. The van der Waals surface area contributed by atoms with E-state index < -0.39 is 0 Å². The number of fused-ring (bicyclic) bond motifs is 7. The molecule has 6 aromatic rings. The number of hydrogen-bond donors (Lipinski definition) is 1. The highest BCUT2D eigenvalue weighted by molar-refractivity contribution is 6.22. The van der Waals surface area contributed by atoms with Crippen molar-refractivity contribution < 1.29 is 0 Å². The van der Waals surface area contributed by atoms with Gasteiger partial charge in [0.1, 0.15) is 5.84 Å². The second kappa shape index (κ2) is 8.52. The lowest BCUT2D eigenvalue weighted by Crippen LogP contribution is -2.39. The first-order valence-corrected chi connectivity index (χ1v) is 13.8. The molecule has 1 atom stereocenters. The first-order valence-electron chi connectivity index (χ1n) is 13.8. The van der Waals surface area contributed by atoms with Crippen LogP contribution >= 0.6 is 0 Å². The van der Waals surface area contributed by atoms with E-state index in [0.717, 1.165) is 34.0 Å². The van der Waals surface area contributed by atoms with Crippen molar-refractivity contribution in [3.05, 3.63) is 144 Å². The van der Waals surface area contributed by atoms with Crippen molar-refractivity contribution in [2.75, 3.05) is 0 Å². The van der Waals surface area contributed by atoms with Gasteiger partial charge >= 0.3 is 0 Å². The minimum absolute atomic E-state index is 0.0601. The molecule has 1 aliphatic carbocycles. The number of rotatable bonds is 2. The summed E-state index contributed by atoms with van der Waals surface area (Å²) in [4.78, 5) is 10.3. The number of benzene rings is 5. The summed E-state index contributed by atoms with van der Waals surface area (Å²) in [7, 11) is 0. The van der Waals surface area contributed by atoms with E-state index in [4.69, 9.17) is 9.98 Å². The van der Waals surface area contributed by atoms with Gasteiger partial charge in [-0.25, -0.2) is 9.98 Å². The molecule has 8 rings (SSSR count). The number of amidine groups is 1. The summed E-state index contributed by atoms with van der Waals surface area (Å²) >= 11 is 0. The summed E-state index contributed by atoms with van der Waals surface area (Å²) in [6.07, 6.45) is -0.349. The van der Waals surface area contributed by atoms with Gasteiger partial charge in [0, 0.05) is 21.8 Å². The lowest BCUT2D eigenvalue weighted by molar-refractivity contribution is 0.661. The van der Waals surface area contributed by atoms with Gasteiger partial charge in [-0.3, -0.25) is 4.57 Å². The van der Waals surface area contributed by atoms with Crippen LogP contribution in [0.3, 0.4) is 0 Å². The summed E-state index contributed by atoms with van der Waals surface area (Å²) < 4.78 is 2.28. The van der Waals surface area contributed by atoms with Crippen LogP contribution in [0.2, 0.25) is 0 Å². The number of nitrogens with one attached hydrogen (secondary N) is 1. The van der Waals surface area contributed by atoms with Gasteiger partial charge in [-0.05, 0) is 39.9 Å². The third-order valence-electron chi connectivity index (χ3n) is 8.46. The normalized spacial score (nSPS) is 17.2. The highest BCUT2D eigenvalue weighted by Crippen LogP contribution is 2.52. The van der Waals surface area contributed by atoms with Gasteiger partial charge in [0.25, 0.3) is 0 Å². The highest BCUT2D eigenvalue weighted by Gasteiger charge is 2.37. The lowest BCUT2D eigenvalue weighted by Gasteiger charge is -2.24. The quantitative estimate of drug-likeness (QED) is 0.249. The van der Waals surface area contributed by atoms with Gasteiger partial charge in [-0.2, -0.15) is 0 Å². The first kappa shape index (κ1) is 23.0. The van der Waals surface area contributed by atoms with Crippen LogP contribution < -0.4 is 5.32 Å². The molecule has 4 heteroatoms. The Hall–Kier alpha value is -4.96. The second-order valence-corrected chi connectivity index (χ2v) is 11.1. The van der Waals surface area contributed by atoms with Crippen molar-refractivity contribution in [2.24, 2.45) is 9.98 Å². The molecule has 0 radical (unpaired) electrons. The molecule has 1 unspecified atom stereocenters. The fraction of sp³-hybridized carbons (Fsp3) is 0.111. The molecule has 4 nitrogen and oxygen atoms in total. The van der Waals surface area contributed by atoms with Crippen LogP contribution in [-0.4, -0.2) is 16.4 Å². The zero-order valence-electron chi connectivity index (χ0n) is 22.5. The monoisotopic (exact) mass is 516 g/mol. The van der Waals surface area contributed by atoms with Gasteiger partial charge in [-0.1, -0.05) is 123 Å². The van der Waals surface area contributed by atoms with E-state index in [1.165, 1.54) is 33.0 Å². The standard InChI is InChI=1S/C36H28N4/c1-36(2)27-19-11-9-17-25(27)31-28(36)21-22-30-32(31)26-18-10-12-20-29(26)40(30)35-38-33(23-13-5-3-6-14-23)37-34(39-35)24-15-7-4-8-16-24/h3-22,33H,1-2H3,(H,37,38,39). The zero-order valence-corrected chi connectivity index (χ0v) is 22.5. The predicted octanol–water partition coefficient (Wildman–Crippen LogP) is 8.05. The molecule has 0 fully saturated rings. The molecule has 0 amide bonds. The molecule has 2 aliphatic rings. The average Bonchev–Trinajstić information content (AvgIpc) is 3.47. The topological polar surface area (TPSA) is 41.7 Å². The molecule has 1 aromatic heterocycles. The fourth-order valence-electron chi connectivity index (χ4n) is 6.55. The van der Waals surface area contributed by atoms with Crippen molar-refractivity contribution >= 4 is 33.6 Å². The van der Waals surface area contributed by atoms with Crippen LogP contribution in [0.5, 0.6) is 0 Å². The lowest BCUT2D eigenvalue weighted by atomic mass is 9.82. The summed E-state index contributed by atoms with van der Waals surface area (Å²) in [6, 6.07) is 42.8. The van der Waals surface area contributed by atoms with E-state index in [9.17, 15) is 0 Å². The molecular weight excluding hydrogens is 488 g/mol. The van der Waals surface area contributed by atoms with Crippen molar-refractivity contribution in [1.82, 2.24) is 9.88 Å². The van der Waals surface area contributed by atoms with E-state index >= 15 is 0 Å². The molecular formula is C36H28N4. The van der Waals surface area contributed by atoms with Crippen molar-refractivity contribution in [1.29, 1.82) is 0 Å². The zero-order chi connectivity index (χ0) is 26.8. The molecule has 2 heterocycles. The van der Waals surface area contributed by atoms with Gasteiger partial charge in [0.05, 0.1) is 11.0 Å². The van der Waals surface area contributed by atoms with E-state index in [1.54, 1.807) is 0 Å². The largest absolute Gasteiger partial charge is 0.310 e. The Kier molecular flexibility index (Phi) is 4.89. The molecule has 192 valence electrons. The van der Waals surface area contributed by atoms with E-state index in [2.05, 4.69) is 109 Å². The Bertz CT molecular complexity index is 2000. The molecule has 0 bridgehead atoms. The van der Waals surface area contributed by atoms with Gasteiger partial charge in [-0.15, -0.1) is 0 Å². The second-order valence-electron chi connectivity index (χ2n) is 11.1. The number of aromatic nitrogens is 1. The van der Waals surface area contributed by atoms with E-state index in [-0.39, 0.29) is 11.6 Å². The third-order valence-corrected chi connectivity index (χ3v) is 8.46. The maximum Gasteiger partial charge on any atom is 0.211 e. The summed E-state index contributed by atoms with van der Waals surface area (Å²) in [5.41, 5.74) is 9.71. The third kappa shape index (κ3) is 3.26. The maximum absolute atomic E-state index is 5.22. The van der Waals surface area contributed by atoms with Gasteiger partial charge < -0.3 is 5.32 Å². The van der Waals surface area contributed by atoms with E-state index in [0.29, 0.717) is 0 Å². The Morgan fingerprint density at radius 2 is 1.35 bits per heavy atom. The van der Waals surface area contributed by atoms with Crippen molar-refractivity contribution in [3.8, 4) is 11.1 Å². The van der Waals surface area contributed by atoms with Gasteiger partial charge in [0.2, 0.25) is 5.96 Å². The number of hydrogen-bond acceptors (Lipinski definition) is 3. The Balaban J connectivity index is 1.41. The summed E-state index contributed by atoms with van der Waals surface area (Å²) in [5, 5.41) is 6.12. The molecule has 5 aromatic carbocycles. The Labute approximate surface area is 233 Å². The Morgan fingerprint density at radius 1 is 0.650 bits per heavy atom. The molecule has 40 heavy (non-hydrogen) atoms. The van der Waals surface area contributed by atoms with Crippen LogP contribution in [0.15, 0.2) is 131 Å². The maximum atomic E-state index is 5.22. The molecule has 0 saturated carbocycles. The number of aliphatic imine (C=N–C) groups is 2. The first-order chi connectivity index (χ1) is 19.6. The van der Waals surface area contributed by atoms with Crippen molar-refractivity contribution in [3.63, 3.8) is 0 Å². The predicted molar refractivity (Wildman–Crippen MR) is 165 cm³/mol. The molecule has 1 N–H and O–H groups in total. The van der Waals surface area contributed by atoms with Crippen molar-refractivity contribution in [2.45, 2.75) is 25.4 Å². The smallest absolute Gasteiger partial charge is 0.211 e. The molecule has 0 spiro atoms. The average molecular weight is 517 g/mol. The van der Waals surface area contributed by atoms with Crippen LogP contribution in [0, 0.1) is 0 Å². The van der Waals surface area contributed by atoms with Crippen LogP contribution in [-0.2, 0) is 5.41 Å². The van der Waals surface area contributed by atoms with Gasteiger partial charge in [0.15, 0.2) is 6.17 Å². The minimum atomic E-state index is -0.349. The van der Waals surface area contributed by atoms with E-state index in [1.807, 2.05) is 36.4 Å². The SMILES string of the molecule is CC1(C)c2ccccc2-c2c1ccc1c2c2ccccc2n1C1=NC(c2ccccc2)N=C(c2ccccc2)N1. The van der Waals surface area contributed by atoms with Crippen LogP contribution in [0.25, 0.3) is 32.9 Å². The molecule has 0 saturated heterocycles. The van der Waals surface area contributed by atoms with Crippen LogP contribution in [0.4, 0.5) is 0 Å².